The topological polar surface area (TPSA) is 59.9 Å². The van der Waals surface area contributed by atoms with Crippen molar-refractivity contribution >= 4 is 35.3 Å². The fourth-order valence-corrected chi connectivity index (χ4v) is 2.13. The van der Waals surface area contributed by atoms with Crippen LogP contribution in [0.4, 0.5) is 0 Å². The summed E-state index contributed by atoms with van der Waals surface area (Å²) in [6.45, 7) is -0.166. The van der Waals surface area contributed by atoms with Gasteiger partial charge in [-0.2, -0.15) is 5.10 Å². The third-order valence-electron chi connectivity index (χ3n) is 2.74. The molecule has 0 unspecified atom stereocenters. The Morgan fingerprint density at radius 3 is 2.78 bits per heavy atom. The van der Waals surface area contributed by atoms with Crippen molar-refractivity contribution in [3.63, 3.8) is 0 Å². The number of halogens is 2. The van der Waals surface area contributed by atoms with E-state index in [1.807, 2.05) is 0 Å². The summed E-state index contributed by atoms with van der Waals surface area (Å²) in [6, 6.07) is 12.0. The zero-order valence-electron chi connectivity index (χ0n) is 12.3. The fraction of sp³-hybridized carbons (Fsp3) is 0.125. The maximum Gasteiger partial charge on any atom is 0.277 e. The quantitative estimate of drug-likeness (QED) is 0.638. The smallest absolute Gasteiger partial charge is 0.277 e. The number of hydrogen-bond acceptors (Lipinski definition) is 4. The van der Waals surface area contributed by atoms with E-state index in [0.717, 1.165) is 5.56 Å². The van der Waals surface area contributed by atoms with Crippen LogP contribution in [0.1, 0.15) is 5.56 Å². The zero-order chi connectivity index (χ0) is 16.7. The first kappa shape index (κ1) is 17.1. The number of carbonyl (C=O) groups is 1. The lowest BCUT2D eigenvalue weighted by molar-refractivity contribution is -0.123. The minimum Gasteiger partial charge on any atom is -0.495 e. The van der Waals surface area contributed by atoms with Crippen molar-refractivity contribution in [2.45, 2.75) is 0 Å². The molecule has 0 bridgehead atoms. The first-order valence-corrected chi connectivity index (χ1v) is 7.38. The third-order valence-corrected chi connectivity index (χ3v) is 3.28. The molecular weight excluding hydrogens is 339 g/mol. The highest BCUT2D eigenvalue weighted by atomic mass is 35.5. The van der Waals surface area contributed by atoms with E-state index < -0.39 is 0 Å². The molecule has 2 aromatic carbocycles. The molecule has 0 saturated heterocycles. The van der Waals surface area contributed by atoms with Crippen molar-refractivity contribution in [1.29, 1.82) is 0 Å². The highest BCUT2D eigenvalue weighted by Crippen LogP contribution is 2.24. The van der Waals surface area contributed by atoms with Gasteiger partial charge in [-0.05, 0) is 42.0 Å². The monoisotopic (exact) mass is 352 g/mol. The number of nitrogens with one attached hydrogen (secondary N) is 1. The molecule has 0 aliphatic carbocycles. The van der Waals surface area contributed by atoms with Crippen molar-refractivity contribution in [1.82, 2.24) is 5.43 Å². The van der Waals surface area contributed by atoms with E-state index >= 15 is 0 Å². The Balaban J connectivity index is 1.83. The number of hydrazone groups is 1. The highest BCUT2D eigenvalue weighted by Gasteiger charge is 2.03. The van der Waals surface area contributed by atoms with E-state index in [2.05, 4.69) is 10.5 Å². The Hall–Kier alpha value is -2.24. The first-order valence-electron chi connectivity index (χ1n) is 6.62. The maximum atomic E-state index is 11.6. The minimum atomic E-state index is -0.388. The van der Waals surface area contributed by atoms with E-state index in [1.165, 1.54) is 13.3 Å². The summed E-state index contributed by atoms with van der Waals surface area (Å²) in [4.78, 5) is 11.6. The van der Waals surface area contributed by atoms with Crippen LogP contribution >= 0.6 is 23.2 Å². The second kappa shape index (κ2) is 8.41. The van der Waals surface area contributed by atoms with Crippen molar-refractivity contribution in [2.24, 2.45) is 5.10 Å². The number of hydrogen-bond donors (Lipinski definition) is 1. The summed E-state index contributed by atoms with van der Waals surface area (Å²) in [5, 5.41) is 4.84. The van der Waals surface area contributed by atoms with Gasteiger partial charge in [0.15, 0.2) is 6.61 Å². The van der Waals surface area contributed by atoms with Gasteiger partial charge in [0.05, 0.1) is 18.3 Å². The number of amides is 1. The number of benzene rings is 2. The van der Waals surface area contributed by atoms with Crippen LogP contribution in [0.25, 0.3) is 0 Å². The first-order chi connectivity index (χ1) is 11.1. The Morgan fingerprint density at radius 1 is 1.26 bits per heavy atom. The number of nitrogens with zero attached hydrogens (tertiary/aromatic N) is 1. The summed E-state index contributed by atoms with van der Waals surface area (Å²) >= 11 is 11.8. The average molecular weight is 353 g/mol. The molecule has 0 fully saturated rings. The Kier molecular flexibility index (Phi) is 6.26. The maximum absolute atomic E-state index is 11.6. The van der Waals surface area contributed by atoms with E-state index in [9.17, 15) is 4.79 Å². The Labute approximate surface area is 143 Å². The van der Waals surface area contributed by atoms with Crippen molar-refractivity contribution in [3.05, 3.63) is 58.1 Å². The molecule has 5 nitrogen and oxygen atoms in total. The molecule has 0 aliphatic rings. The molecule has 2 aromatic rings. The van der Waals surface area contributed by atoms with Gasteiger partial charge < -0.3 is 9.47 Å². The molecule has 0 spiro atoms. The third kappa shape index (κ3) is 5.47. The van der Waals surface area contributed by atoms with E-state index in [1.54, 1.807) is 42.5 Å². The summed E-state index contributed by atoms with van der Waals surface area (Å²) in [7, 11) is 1.54. The van der Waals surface area contributed by atoms with Gasteiger partial charge in [0.1, 0.15) is 11.5 Å². The molecular formula is C16H14Cl2N2O3. The average Bonchev–Trinajstić information content (AvgIpc) is 2.53. The number of ether oxygens (including phenoxy) is 2. The van der Waals surface area contributed by atoms with Gasteiger partial charge in [0, 0.05) is 5.02 Å². The van der Waals surface area contributed by atoms with Gasteiger partial charge >= 0.3 is 0 Å². The van der Waals surface area contributed by atoms with Crippen LogP contribution in [0.5, 0.6) is 11.5 Å². The van der Waals surface area contributed by atoms with Gasteiger partial charge in [0.25, 0.3) is 5.91 Å². The molecule has 23 heavy (non-hydrogen) atoms. The van der Waals surface area contributed by atoms with Crippen LogP contribution in [0.3, 0.4) is 0 Å². The molecule has 2 rings (SSSR count). The lowest BCUT2D eigenvalue weighted by atomic mass is 10.2. The summed E-state index contributed by atoms with van der Waals surface area (Å²) < 4.78 is 10.3. The normalized spacial score (nSPS) is 10.6. The molecule has 0 radical (unpaired) electrons. The zero-order valence-corrected chi connectivity index (χ0v) is 13.8. The minimum absolute atomic E-state index is 0.166. The molecule has 1 N–H and O–H groups in total. The van der Waals surface area contributed by atoms with Crippen LogP contribution in [-0.2, 0) is 4.79 Å². The van der Waals surface area contributed by atoms with Crippen molar-refractivity contribution in [2.75, 3.05) is 13.7 Å². The van der Waals surface area contributed by atoms with Gasteiger partial charge in [-0.15, -0.1) is 0 Å². The van der Waals surface area contributed by atoms with E-state index in [-0.39, 0.29) is 12.5 Å². The van der Waals surface area contributed by atoms with Crippen LogP contribution in [-0.4, -0.2) is 25.8 Å². The molecule has 0 aliphatic heterocycles. The Bertz CT molecular complexity index is 720. The Morgan fingerprint density at radius 2 is 2.09 bits per heavy atom. The van der Waals surface area contributed by atoms with Gasteiger partial charge in [0.2, 0.25) is 0 Å². The van der Waals surface area contributed by atoms with Crippen molar-refractivity contribution in [3.8, 4) is 11.5 Å². The molecule has 7 heteroatoms. The summed E-state index contributed by atoms with van der Waals surface area (Å²) in [5.74, 6) is 0.696. The van der Waals surface area contributed by atoms with Crippen LogP contribution in [0.15, 0.2) is 47.6 Å². The molecule has 1 amide bonds. The van der Waals surface area contributed by atoms with E-state index in [4.69, 9.17) is 32.7 Å². The van der Waals surface area contributed by atoms with E-state index in [0.29, 0.717) is 21.5 Å². The second-order valence-electron chi connectivity index (χ2n) is 4.43. The van der Waals surface area contributed by atoms with Crippen LogP contribution < -0.4 is 14.9 Å². The largest absolute Gasteiger partial charge is 0.495 e. The predicted molar refractivity (Wildman–Crippen MR) is 90.7 cm³/mol. The van der Waals surface area contributed by atoms with Crippen LogP contribution in [0, 0.1) is 0 Å². The molecule has 0 heterocycles. The van der Waals surface area contributed by atoms with Gasteiger partial charge in [-0.25, -0.2) is 5.43 Å². The number of rotatable bonds is 6. The number of methoxy groups -OCH3 is 1. The second-order valence-corrected chi connectivity index (χ2v) is 5.28. The predicted octanol–water partition coefficient (Wildman–Crippen LogP) is 3.53. The molecule has 0 saturated carbocycles. The summed E-state index contributed by atoms with van der Waals surface area (Å²) in [5.41, 5.74) is 3.09. The molecule has 0 aromatic heterocycles. The highest BCUT2D eigenvalue weighted by molar-refractivity contribution is 6.32. The summed E-state index contributed by atoms with van der Waals surface area (Å²) in [6.07, 6.45) is 1.47. The standard InChI is InChI=1S/C16H14Cl2N2O3/c1-22-15-6-5-11(7-14(15)18)9-19-20-16(21)10-23-13-4-2-3-12(17)8-13/h2-9H,10H2,1H3,(H,20,21)/b19-9+. The lowest BCUT2D eigenvalue weighted by Gasteiger charge is -2.05. The van der Waals surface area contributed by atoms with Gasteiger partial charge in [-0.3, -0.25) is 4.79 Å². The SMILES string of the molecule is COc1ccc(/C=N/NC(=O)COc2cccc(Cl)c2)cc1Cl. The number of carbonyl (C=O) groups excluding carboxylic acids is 1. The lowest BCUT2D eigenvalue weighted by Crippen LogP contribution is -2.24. The molecule has 120 valence electrons. The molecule has 0 atom stereocenters. The fourth-order valence-electron chi connectivity index (χ4n) is 1.68. The van der Waals surface area contributed by atoms with Crippen LogP contribution in [0.2, 0.25) is 10.0 Å². The van der Waals surface area contributed by atoms with Gasteiger partial charge in [-0.1, -0.05) is 29.3 Å². The van der Waals surface area contributed by atoms with Crippen molar-refractivity contribution < 1.29 is 14.3 Å².